The van der Waals surface area contributed by atoms with Crippen LogP contribution in [0.5, 0.6) is 11.5 Å². The van der Waals surface area contributed by atoms with Gasteiger partial charge in [-0.3, -0.25) is 4.72 Å². The summed E-state index contributed by atoms with van der Waals surface area (Å²) in [6, 6.07) is 10.3. The van der Waals surface area contributed by atoms with E-state index < -0.39 is 21.8 Å². The van der Waals surface area contributed by atoms with Gasteiger partial charge in [-0.1, -0.05) is 17.7 Å². The predicted molar refractivity (Wildman–Crippen MR) is 124 cm³/mol. The number of cyclic esters (lactones) is 1. The third-order valence-electron chi connectivity index (χ3n) is 5.75. The Kier molecular flexibility index (Phi) is 5.61. The molecule has 176 valence electrons. The molecule has 5 rings (SSSR count). The molecule has 34 heavy (non-hydrogen) atoms. The molecule has 0 spiro atoms. The van der Waals surface area contributed by atoms with Crippen LogP contribution in [0.1, 0.15) is 21.5 Å². The molecule has 0 unspecified atom stereocenters. The van der Waals surface area contributed by atoms with Crippen LogP contribution in [0.15, 0.2) is 47.4 Å². The molecule has 10 heteroatoms. The van der Waals surface area contributed by atoms with Gasteiger partial charge in [-0.2, -0.15) is 0 Å². The minimum Gasteiger partial charge on any atom is -0.494 e. The van der Waals surface area contributed by atoms with E-state index in [4.69, 9.17) is 25.8 Å². The molecule has 0 saturated carbocycles. The highest BCUT2D eigenvalue weighted by molar-refractivity contribution is 7.92. The second-order valence-corrected chi connectivity index (χ2v) is 9.95. The van der Waals surface area contributed by atoms with Crippen molar-refractivity contribution in [2.24, 2.45) is 0 Å². The fraction of sp³-hybridized carbons (Fsp3) is 0.208. The Morgan fingerprint density at radius 3 is 2.56 bits per heavy atom. The molecule has 3 aromatic carbocycles. The van der Waals surface area contributed by atoms with Crippen molar-refractivity contribution in [2.45, 2.75) is 17.7 Å². The van der Waals surface area contributed by atoms with E-state index in [1.165, 1.54) is 25.3 Å². The van der Waals surface area contributed by atoms with Crippen molar-refractivity contribution in [3.8, 4) is 22.6 Å². The summed E-state index contributed by atoms with van der Waals surface area (Å²) in [5.41, 5.74) is 2.87. The zero-order valence-corrected chi connectivity index (χ0v) is 19.6. The largest absolute Gasteiger partial charge is 0.494 e. The Bertz CT molecular complexity index is 1440. The topological polar surface area (TPSA) is 90.9 Å². The number of nitrogens with one attached hydrogen (secondary N) is 1. The van der Waals surface area contributed by atoms with Gasteiger partial charge in [-0.15, -0.1) is 0 Å². The van der Waals surface area contributed by atoms with Crippen molar-refractivity contribution < 1.29 is 31.8 Å². The van der Waals surface area contributed by atoms with E-state index in [-0.39, 0.29) is 33.5 Å². The van der Waals surface area contributed by atoms with Crippen molar-refractivity contribution in [1.82, 2.24) is 0 Å². The summed E-state index contributed by atoms with van der Waals surface area (Å²) < 4.78 is 60.0. The average Bonchev–Trinajstić information content (AvgIpc) is 3.27. The van der Waals surface area contributed by atoms with Gasteiger partial charge in [-0.25, -0.2) is 17.6 Å². The average molecular weight is 504 g/mol. The maximum absolute atomic E-state index is 14.2. The van der Waals surface area contributed by atoms with E-state index in [0.29, 0.717) is 36.3 Å². The van der Waals surface area contributed by atoms with Crippen LogP contribution in [0.3, 0.4) is 0 Å². The first-order valence-corrected chi connectivity index (χ1v) is 12.3. The van der Waals surface area contributed by atoms with Gasteiger partial charge in [-0.05, 0) is 53.1 Å². The zero-order valence-electron chi connectivity index (χ0n) is 18.0. The second-order valence-electron chi connectivity index (χ2n) is 7.89. The van der Waals surface area contributed by atoms with E-state index in [1.54, 1.807) is 12.1 Å². The minimum absolute atomic E-state index is 0.00234. The van der Waals surface area contributed by atoms with Crippen molar-refractivity contribution in [3.05, 3.63) is 70.0 Å². The Hall–Kier alpha value is -3.30. The molecule has 0 aliphatic carbocycles. The smallest absolute Gasteiger partial charge is 0.338 e. The highest BCUT2D eigenvalue weighted by atomic mass is 35.5. The molecule has 0 radical (unpaired) electrons. The Morgan fingerprint density at radius 2 is 1.76 bits per heavy atom. The summed E-state index contributed by atoms with van der Waals surface area (Å²) in [4.78, 5) is 12.4. The number of ether oxygens (including phenoxy) is 3. The highest BCUT2D eigenvalue weighted by Crippen LogP contribution is 2.42. The van der Waals surface area contributed by atoms with Crippen LogP contribution in [-0.2, 0) is 27.6 Å². The van der Waals surface area contributed by atoms with E-state index in [2.05, 4.69) is 4.72 Å². The van der Waals surface area contributed by atoms with Gasteiger partial charge in [0.25, 0.3) is 10.0 Å². The normalized spacial score (nSPS) is 16.3. The number of sulfonamides is 1. The summed E-state index contributed by atoms with van der Waals surface area (Å²) >= 11 is 6.25. The molecule has 4 bridgehead atoms. The molecule has 2 aliphatic heterocycles. The molecule has 0 amide bonds. The summed E-state index contributed by atoms with van der Waals surface area (Å²) in [5.74, 6) is -0.897. The second kappa shape index (κ2) is 8.48. The van der Waals surface area contributed by atoms with E-state index in [0.717, 1.165) is 17.2 Å². The van der Waals surface area contributed by atoms with Gasteiger partial charge in [0.1, 0.15) is 16.5 Å². The van der Waals surface area contributed by atoms with E-state index in [1.807, 2.05) is 6.07 Å². The van der Waals surface area contributed by atoms with Crippen LogP contribution in [-0.4, -0.2) is 34.7 Å². The first-order valence-electron chi connectivity index (χ1n) is 10.4. The van der Waals surface area contributed by atoms with Gasteiger partial charge < -0.3 is 14.2 Å². The van der Waals surface area contributed by atoms with Crippen molar-refractivity contribution in [2.75, 3.05) is 25.0 Å². The molecule has 1 N–H and O–H groups in total. The lowest BCUT2D eigenvalue weighted by Gasteiger charge is -2.18. The number of carbonyl (C=O) groups excluding carboxylic acids is 1. The zero-order chi connectivity index (χ0) is 24.0. The first-order chi connectivity index (χ1) is 16.3. The molecule has 0 atom stereocenters. The number of fused-ring (bicyclic) bond motifs is 8. The third kappa shape index (κ3) is 3.95. The maximum Gasteiger partial charge on any atom is 0.338 e. The fourth-order valence-electron chi connectivity index (χ4n) is 4.20. The molecule has 0 aromatic heterocycles. The minimum atomic E-state index is -4.28. The highest BCUT2D eigenvalue weighted by Gasteiger charge is 2.29. The number of halogens is 2. The van der Waals surface area contributed by atoms with Crippen LogP contribution < -0.4 is 14.2 Å². The predicted octanol–water partition coefficient (Wildman–Crippen LogP) is 4.60. The van der Waals surface area contributed by atoms with Crippen LogP contribution in [0.2, 0.25) is 5.02 Å². The Balaban J connectivity index is 1.76. The van der Waals surface area contributed by atoms with Gasteiger partial charge >= 0.3 is 5.97 Å². The molecule has 0 saturated heterocycles. The van der Waals surface area contributed by atoms with Crippen molar-refractivity contribution in [3.63, 3.8) is 0 Å². The summed E-state index contributed by atoms with van der Waals surface area (Å²) in [6.45, 7) is 0.388. The van der Waals surface area contributed by atoms with Gasteiger partial charge in [0.05, 0.1) is 36.6 Å². The third-order valence-corrected chi connectivity index (χ3v) is 7.41. The number of esters is 1. The number of benzene rings is 3. The Morgan fingerprint density at radius 1 is 1.00 bits per heavy atom. The first kappa shape index (κ1) is 22.5. The molecular weight excluding hydrogens is 485 g/mol. The monoisotopic (exact) mass is 503 g/mol. The fourth-order valence-corrected chi connectivity index (χ4v) is 5.82. The van der Waals surface area contributed by atoms with E-state index >= 15 is 0 Å². The molecule has 7 nitrogen and oxygen atoms in total. The van der Waals surface area contributed by atoms with Crippen LogP contribution in [0.25, 0.3) is 11.1 Å². The number of methoxy groups -OCH3 is 1. The Labute approximate surface area is 200 Å². The lowest BCUT2D eigenvalue weighted by Crippen LogP contribution is -2.17. The molecule has 2 heterocycles. The van der Waals surface area contributed by atoms with Gasteiger partial charge in [0.2, 0.25) is 0 Å². The number of carbonyl (C=O) groups is 1. The number of hydrogen-bond acceptors (Lipinski definition) is 6. The molecule has 3 aromatic rings. The summed E-state index contributed by atoms with van der Waals surface area (Å²) in [6.07, 6.45) is 0.900. The van der Waals surface area contributed by atoms with E-state index in [9.17, 15) is 17.6 Å². The van der Waals surface area contributed by atoms with Crippen molar-refractivity contribution in [1.29, 1.82) is 0 Å². The summed E-state index contributed by atoms with van der Waals surface area (Å²) in [7, 11) is -3.00. The lowest BCUT2D eigenvalue weighted by molar-refractivity contribution is 0.0509. The van der Waals surface area contributed by atoms with Crippen LogP contribution >= 0.6 is 11.6 Å². The van der Waals surface area contributed by atoms with Crippen molar-refractivity contribution >= 4 is 33.3 Å². The molecule has 0 fully saturated rings. The van der Waals surface area contributed by atoms with Gasteiger partial charge in [0.15, 0.2) is 5.75 Å². The van der Waals surface area contributed by atoms with Gasteiger partial charge in [0, 0.05) is 18.4 Å². The van der Waals surface area contributed by atoms with Crippen LogP contribution in [0.4, 0.5) is 10.1 Å². The SMILES string of the molecule is COc1c(Cl)cc2cc1S(=O)(=O)Nc1cc(cc3c1OCC3)-c1cc(F)ccc1CCOC2=O. The molecule has 2 aliphatic rings. The van der Waals surface area contributed by atoms with Crippen LogP contribution in [0, 0.1) is 5.82 Å². The number of rotatable bonds is 1. The quantitative estimate of drug-likeness (QED) is 0.488. The lowest BCUT2D eigenvalue weighted by atomic mass is 9.95. The number of hydrogen-bond donors (Lipinski definition) is 1. The standard InChI is InChI=1S/C24H19ClFNO6S/c1-31-23-19(25)9-16-11-21(23)34(29,30)27-20-10-15(8-14-5-6-32-22(14)20)18-12-17(26)3-2-13(18)4-7-33-24(16)28/h2-3,8-12,27H,4-7H2,1H3. The molecular formula is C24H19ClFNO6S. The maximum atomic E-state index is 14.2. The number of anilines is 1. The summed E-state index contributed by atoms with van der Waals surface area (Å²) in [5, 5.41) is -0.0551.